The summed E-state index contributed by atoms with van der Waals surface area (Å²) in [6.45, 7) is 6.04. The zero-order chi connectivity index (χ0) is 13.7. The van der Waals surface area contributed by atoms with Gasteiger partial charge in [0.2, 0.25) is 0 Å². The standard InChI is InChI=1S/C16H20N2O/c1-4-17-9-13-6-5-12(2)7-16(13)14-8-15(19-3)11-18-10-14/h5-8,10-11,17H,4,9H2,1-3H3. The van der Waals surface area contributed by atoms with Gasteiger partial charge in [0.1, 0.15) is 5.75 Å². The van der Waals surface area contributed by atoms with Crippen LogP contribution in [0.5, 0.6) is 5.75 Å². The molecule has 0 radical (unpaired) electrons. The number of aromatic nitrogens is 1. The zero-order valence-electron chi connectivity index (χ0n) is 11.7. The van der Waals surface area contributed by atoms with Crippen LogP contribution in [0.15, 0.2) is 36.7 Å². The van der Waals surface area contributed by atoms with Crippen LogP contribution >= 0.6 is 0 Å². The Morgan fingerprint density at radius 1 is 1.21 bits per heavy atom. The van der Waals surface area contributed by atoms with Crippen molar-refractivity contribution in [2.24, 2.45) is 0 Å². The number of methoxy groups -OCH3 is 1. The Kier molecular flexibility index (Phi) is 4.53. The maximum atomic E-state index is 5.25. The molecule has 100 valence electrons. The first kappa shape index (κ1) is 13.6. The third-order valence-corrected chi connectivity index (χ3v) is 3.09. The lowest BCUT2D eigenvalue weighted by molar-refractivity contribution is 0.413. The summed E-state index contributed by atoms with van der Waals surface area (Å²) >= 11 is 0. The second-order valence-corrected chi connectivity index (χ2v) is 4.55. The minimum Gasteiger partial charge on any atom is -0.495 e. The molecular formula is C16H20N2O. The van der Waals surface area contributed by atoms with Gasteiger partial charge in [0.05, 0.1) is 13.3 Å². The van der Waals surface area contributed by atoms with Gasteiger partial charge < -0.3 is 10.1 Å². The normalized spacial score (nSPS) is 10.5. The quantitative estimate of drug-likeness (QED) is 0.892. The average molecular weight is 256 g/mol. The molecule has 2 rings (SSSR count). The summed E-state index contributed by atoms with van der Waals surface area (Å²) in [5, 5.41) is 3.37. The molecule has 1 aromatic carbocycles. The van der Waals surface area contributed by atoms with Crippen molar-refractivity contribution in [1.29, 1.82) is 0 Å². The van der Waals surface area contributed by atoms with Crippen molar-refractivity contribution in [3.8, 4) is 16.9 Å². The van der Waals surface area contributed by atoms with Gasteiger partial charge in [-0.1, -0.05) is 30.7 Å². The van der Waals surface area contributed by atoms with E-state index in [0.29, 0.717) is 0 Å². The van der Waals surface area contributed by atoms with Gasteiger partial charge in [0, 0.05) is 18.3 Å². The molecule has 0 atom stereocenters. The highest BCUT2D eigenvalue weighted by molar-refractivity contribution is 5.68. The first-order valence-electron chi connectivity index (χ1n) is 6.54. The predicted octanol–water partition coefficient (Wildman–Crippen LogP) is 3.18. The van der Waals surface area contributed by atoms with Crippen molar-refractivity contribution in [3.05, 3.63) is 47.8 Å². The van der Waals surface area contributed by atoms with Gasteiger partial charge in [0.25, 0.3) is 0 Å². The van der Waals surface area contributed by atoms with Gasteiger partial charge in [-0.15, -0.1) is 0 Å². The van der Waals surface area contributed by atoms with Crippen molar-refractivity contribution in [2.45, 2.75) is 20.4 Å². The molecule has 19 heavy (non-hydrogen) atoms. The maximum absolute atomic E-state index is 5.25. The number of hydrogen-bond donors (Lipinski definition) is 1. The van der Waals surface area contributed by atoms with E-state index in [1.54, 1.807) is 13.3 Å². The van der Waals surface area contributed by atoms with Gasteiger partial charge >= 0.3 is 0 Å². The first-order chi connectivity index (χ1) is 9.24. The highest BCUT2D eigenvalue weighted by Crippen LogP contribution is 2.27. The van der Waals surface area contributed by atoms with Crippen molar-refractivity contribution >= 4 is 0 Å². The Balaban J connectivity index is 2.43. The van der Waals surface area contributed by atoms with E-state index >= 15 is 0 Å². The highest BCUT2D eigenvalue weighted by atomic mass is 16.5. The fourth-order valence-corrected chi connectivity index (χ4v) is 2.05. The molecule has 3 nitrogen and oxygen atoms in total. The van der Waals surface area contributed by atoms with Crippen LogP contribution in [0, 0.1) is 6.92 Å². The summed E-state index contributed by atoms with van der Waals surface area (Å²) in [7, 11) is 1.66. The van der Waals surface area contributed by atoms with Crippen LogP contribution in [-0.4, -0.2) is 18.6 Å². The summed E-state index contributed by atoms with van der Waals surface area (Å²) in [4.78, 5) is 4.24. The molecule has 0 aliphatic rings. The number of rotatable bonds is 5. The minimum absolute atomic E-state index is 0.786. The number of hydrogen-bond acceptors (Lipinski definition) is 3. The topological polar surface area (TPSA) is 34.2 Å². The van der Waals surface area contributed by atoms with E-state index in [2.05, 4.69) is 42.3 Å². The zero-order valence-corrected chi connectivity index (χ0v) is 11.7. The summed E-state index contributed by atoms with van der Waals surface area (Å²) in [6, 6.07) is 8.54. The van der Waals surface area contributed by atoms with Gasteiger partial charge in [-0.2, -0.15) is 0 Å². The highest BCUT2D eigenvalue weighted by Gasteiger charge is 2.07. The molecule has 0 aliphatic carbocycles. The van der Waals surface area contributed by atoms with Gasteiger partial charge in [-0.05, 0) is 30.7 Å². The molecule has 1 aromatic heterocycles. The molecule has 0 fully saturated rings. The largest absolute Gasteiger partial charge is 0.495 e. The summed E-state index contributed by atoms with van der Waals surface area (Å²) in [5.74, 6) is 0.786. The smallest absolute Gasteiger partial charge is 0.137 e. The third-order valence-electron chi connectivity index (χ3n) is 3.09. The van der Waals surface area contributed by atoms with Crippen molar-refractivity contribution < 1.29 is 4.74 Å². The molecule has 3 heteroatoms. The van der Waals surface area contributed by atoms with Gasteiger partial charge in [-0.25, -0.2) is 0 Å². The van der Waals surface area contributed by atoms with Crippen LogP contribution in [0.1, 0.15) is 18.1 Å². The number of ether oxygens (including phenoxy) is 1. The van der Waals surface area contributed by atoms with E-state index in [4.69, 9.17) is 4.74 Å². The molecule has 0 spiro atoms. The van der Waals surface area contributed by atoms with Crippen LogP contribution in [0.25, 0.3) is 11.1 Å². The van der Waals surface area contributed by atoms with Crippen LogP contribution in [0.2, 0.25) is 0 Å². The third kappa shape index (κ3) is 3.32. The average Bonchev–Trinajstić information content (AvgIpc) is 2.46. The molecule has 1 N–H and O–H groups in total. The lowest BCUT2D eigenvalue weighted by Crippen LogP contribution is -2.12. The number of nitrogens with one attached hydrogen (secondary N) is 1. The molecule has 1 heterocycles. The van der Waals surface area contributed by atoms with Crippen LogP contribution < -0.4 is 10.1 Å². The Hall–Kier alpha value is -1.87. The van der Waals surface area contributed by atoms with E-state index in [9.17, 15) is 0 Å². The Bertz CT molecular complexity index is 552. The molecule has 0 aliphatic heterocycles. The van der Waals surface area contributed by atoms with Crippen molar-refractivity contribution in [1.82, 2.24) is 10.3 Å². The molecule has 2 aromatic rings. The molecule has 0 unspecified atom stereocenters. The minimum atomic E-state index is 0.786. The first-order valence-corrected chi connectivity index (χ1v) is 6.54. The molecular weight excluding hydrogens is 236 g/mol. The van der Waals surface area contributed by atoms with E-state index in [-0.39, 0.29) is 0 Å². The van der Waals surface area contributed by atoms with Gasteiger partial charge in [-0.3, -0.25) is 4.98 Å². The van der Waals surface area contributed by atoms with E-state index in [0.717, 1.165) is 24.4 Å². The molecule has 0 saturated carbocycles. The summed E-state index contributed by atoms with van der Waals surface area (Å²) < 4.78 is 5.25. The van der Waals surface area contributed by atoms with Crippen LogP contribution in [-0.2, 0) is 6.54 Å². The van der Waals surface area contributed by atoms with E-state index in [1.165, 1.54) is 16.7 Å². The van der Waals surface area contributed by atoms with Gasteiger partial charge in [0.15, 0.2) is 0 Å². The SMILES string of the molecule is CCNCc1ccc(C)cc1-c1cncc(OC)c1. The fraction of sp³-hybridized carbons (Fsp3) is 0.312. The van der Waals surface area contributed by atoms with E-state index < -0.39 is 0 Å². The second-order valence-electron chi connectivity index (χ2n) is 4.55. The fourth-order valence-electron chi connectivity index (χ4n) is 2.05. The lowest BCUT2D eigenvalue weighted by Gasteiger charge is -2.12. The monoisotopic (exact) mass is 256 g/mol. The van der Waals surface area contributed by atoms with E-state index in [1.807, 2.05) is 12.3 Å². The summed E-state index contributed by atoms with van der Waals surface area (Å²) in [5.41, 5.74) is 4.84. The molecule has 0 amide bonds. The number of pyridine rings is 1. The number of aryl methyl sites for hydroxylation is 1. The predicted molar refractivity (Wildman–Crippen MR) is 78.3 cm³/mol. The molecule has 0 bridgehead atoms. The number of nitrogens with zero attached hydrogens (tertiary/aromatic N) is 1. The lowest BCUT2D eigenvalue weighted by atomic mass is 9.98. The Morgan fingerprint density at radius 2 is 2.05 bits per heavy atom. The van der Waals surface area contributed by atoms with Crippen molar-refractivity contribution in [3.63, 3.8) is 0 Å². The maximum Gasteiger partial charge on any atom is 0.137 e. The number of benzene rings is 1. The Morgan fingerprint density at radius 3 is 2.79 bits per heavy atom. The molecule has 0 saturated heterocycles. The second kappa shape index (κ2) is 6.34. The van der Waals surface area contributed by atoms with Crippen molar-refractivity contribution in [2.75, 3.05) is 13.7 Å². The summed E-state index contributed by atoms with van der Waals surface area (Å²) in [6.07, 6.45) is 3.61. The van der Waals surface area contributed by atoms with Crippen LogP contribution in [0.3, 0.4) is 0 Å². The van der Waals surface area contributed by atoms with Crippen LogP contribution in [0.4, 0.5) is 0 Å². The Labute approximate surface area is 114 Å².